The van der Waals surface area contributed by atoms with Crippen molar-refractivity contribution in [2.45, 2.75) is 51.7 Å². The van der Waals surface area contributed by atoms with Crippen molar-refractivity contribution in [3.63, 3.8) is 0 Å². The molecule has 1 saturated carbocycles. The fourth-order valence-corrected chi connectivity index (χ4v) is 3.64. The van der Waals surface area contributed by atoms with Gasteiger partial charge in [-0.05, 0) is 45.2 Å². The van der Waals surface area contributed by atoms with Gasteiger partial charge in [0.2, 0.25) is 17.6 Å². The number of benzene rings is 1. The van der Waals surface area contributed by atoms with Gasteiger partial charge in [-0.1, -0.05) is 17.3 Å². The van der Waals surface area contributed by atoms with Crippen LogP contribution >= 0.6 is 0 Å². The van der Waals surface area contributed by atoms with Crippen molar-refractivity contribution in [2.24, 2.45) is 0 Å². The van der Waals surface area contributed by atoms with Gasteiger partial charge in [0.05, 0.1) is 12.1 Å². The molecule has 4 rings (SSSR count). The predicted molar refractivity (Wildman–Crippen MR) is 107 cm³/mol. The van der Waals surface area contributed by atoms with Crippen LogP contribution in [-0.2, 0) is 4.79 Å². The van der Waals surface area contributed by atoms with Crippen molar-refractivity contribution in [1.29, 1.82) is 0 Å². The van der Waals surface area contributed by atoms with Gasteiger partial charge in [-0.2, -0.15) is 4.98 Å². The third-order valence-electron chi connectivity index (χ3n) is 5.98. The van der Waals surface area contributed by atoms with Crippen molar-refractivity contribution >= 4 is 5.91 Å². The monoisotopic (exact) mass is 401 g/mol. The second kappa shape index (κ2) is 8.20. The number of amides is 1. The van der Waals surface area contributed by atoms with Gasteiger partial charge in [-0.15, -0.1) is 0 Å². The van der Waals surface area contributed by atoms with Crippen molar-refractivity contribution in [2.75, 3.05) is 26.2 Å². The summed E-state index contributed by atoms with van der Waals surface area (Å²) in [5.41, 5.74) is 1.19. The smallest absolute Gasteiger partial charge is 0.244 e. The number of hydrogen-bond donors (Lipinski definition) is 1. The molecule has 0 spiro atoms. The molecule has 2 atom stereocenters. The highest BCUT2D eigenvalue weighted by Gasteiger charge is 2.32. The number of piperazine rings is 1. The minimum Gasteiger partial charge on any atom is -0.352 e. The number of aromatic nitrogens is 2. The summed E-state index contributed by atoms with van der Waals surface area (Å²) in [4.78, 5) is 21.3. The number of rotatable bonds is 6. The van der Waals surface area contributed by atoms with E-state index in [2.05, 4.69) is 25.3 Å². The van der Waals surface area contributed by atoms with Crippen LogP contribution in [-0.4, -0.2) is 64.1 Å². The molecule has 2 heterocycles. The Balaban J connectivity index is 1.34. The number of hydrogen-bond acceptors (Lipinski definition) is 6. The Hall–Kier alpha value is -2.32. The molecule has 1 aliphatic carbocycles. The molecule has 7 nitrogen and oxygen atoms in total. The highest BCUT2D eigenvalue weighted by Crippen LogP contribution is 2.25. The molecule has 2 aliphatic rings. The van der Waals surface area contributed by atoms with Gasteiger partial charge >= 0.3 is 0 Å². The first-order chi connectivity index (χ1) is 13.9. The fourth-order valence-electron chi connectivity index (χ4n) is 3.64. The van der Waals surface area contributed by atoms with Crippen LogP contribution in [0.3, 0.4) is 0 Å². The maximum absolute atomic E-state index is 13.8. The summed E-state index contributed by atoms with van der Waals surface area (Å²) in [6, 6.07) is 5.18. The highest BCUT2D eigenvalue weighted by atomic mass is 19.1. The molecule has 1 saturated heterocycles. The number of carbonyl (C=O) groups excluding carboxylic acids is 1. The third kappa shape index (κ3) is 4.48. The Morgan fingerprint density at radius 1 is 1.21 bits per heavy atom. The Labute approximate surface area is 170 Å². The molecule has 0 bridgehead atoms. The van der Waals surface area contributed by atoms with Crippen LogP contribution in [0.5, 0.6) is 0 Å². The number of carbonyl (C=O) groups is 1. The van der Waals surface area contributed by atoms with Crippen molar-refractivity contribution < 1.29 is 13.7 Å². The summed E-state index contributed by atoms with van der Waals surface area (Å²) in [6.45, 7) is 8.99. The zero-order chi connectivity index (χ0) is 20.5. The molecule has 0 radical (unpaired) electrons. The molecule has 1 amide bonds. The molecule has 2 aromatic rings. The van der Waals surface area contributed by atoms with E-state index in [1.54, 1.807) is 19.1 Å². The summed E-state index contributed by atoms with van der Waals surface area (Å²) in [6.07, 6.45) is 2.20. The lowest BCUT2D eigenvalue weighted by molar-refractivity contribution is -0.126. The highest BCUT2D eigenvalue weighted by molar-refractivity contribution is 5.81. The van der Waals surface area contributed by atoms with E-state index in [0.29, 0.717) is 28.9 Å². The van der Waals surface area contributed by atoms with Crippen LogP contribution in [0.15, 0.2) is 22.7 Å². The molecule has 2 fully saturated rings. The Morgan fingerprint density at radius 2 is 1.90 bits per heavy atom. The summed E-state index contributed by atoms with van der Waals surface area (Å²) in [7, 11) is 0. The number of aryl methyl sites for hydroxylation is 1. The van der Waals surface area contributed by atoms with Gasteiger partial charge < -0.3 is 9.84 Å². The van der Waals surface area contributed by atoms with Gasteiger partial charge in [0.25, 0.3) is 0 Å². The van der Waals surface area contributed by atoms with E-state index >= 15 is 0 Å². The Morgan fingerprint density at radius 3 is 2.55 bits per heavy atom. The number of nitrogens with one attached hydrogen (secondary N) is 1. The first-order valence-electron chi connectivity index (χ1n) is 10.3. The SMILES string of the molecule is Cc1ccc(-c2noc(C(C)N3CCN(C(C)C(=O)NC4CC4)CC3)n2)cc1F. The topological polar surface area (TPSA) is 74.5 Å². The van der Waals surface area contributed by atoms with Gasteiger partial charge in [-0.3, -0.25) is 14.6 Å². The Bertz CT molecular complexity index is 874. The van der Waals surface area contributed by atoms with E-state index in [9.17, 15) is 9.18 Å². The van der Waals surface area contributed by atoms with Gasteiger partial charge in [0.15, 0.2) is 0 Å². The predicted octanol–water partition coefficient (Wildman–Crippen LogP) is 2.53. The Kier molecular flexibility index (Phi) is 5.65. The molecule has 1 aliphatic heterocycles. The van der Waals surface area contributed by atoms with E-state index in [-0.39, 0.29) is 23.8 Å². The minimum absolute atomic E-state index is 0.0377. The maximum atomic E-state index is 13.8. The van der Waals surface area contributed by atoms with Crippen LogP contribution in [0, 0.1) is 12.7 Å². The van der Waals surface area contributed by atoms with Crippen LogP contribution in [0.25, 0.3) is 11.4 Å². The number of halogens is 1. The molecule has 2 unspecified atom stereocenters. The first-order valence-corrected chi connectivity index (χ1v) is 10.3. The zero-order valence-corrected chi connectivity index (χ0v) is 17.2. The molecule has 8 heteroatoms. The van der Waals surface area contributed by atoms with Crippen molar-refractivity contribution in [1.82, 2.24) is 25.3 Å². The normalized spacial score (nSPS) is 20.4. The van der Waals surface area contributed by atoms with E-state index in [1.165, 1.54) is 6.07 Å². The molecular weight excluding hydrogens is 373 g/mol. The summed E-state index contributed by atoms with van der Waals surface area (Å²) in [5.74, 6) is 0.766. The average Bonchev–Trinajstić information content (AvgIpc) is 3.40. The fraction of sp³-hybridized carbons (Fsp3) is 0.571. The molecule has 1 N–H and O–H groups in total. The second-order valence-electron chi connectivity index (χ2n) is 8.13. The van der Waals surface area contributed by atoms with Crippen LogP contribution < -0.4 is 5.32 Å². The summed E-state index contributed by atoms with van der Waals surface area (Å²) < 4.78 is 19.3. The summed E-state index contributed by atoms with van der Waals surface area (Å²) in [5, 5.41) is 7.11. The number of nitrogens with zero attached hydrogens (tertiary/aromatic N) is 4. The van der Waals surface area contributed by atoms with E-state index in [4.69, 9.17) is 4.52 Å². The lowest BCUT2D eigenvalue weighted by Gasteiger charge is -2.39. The molecule has 1 aromatic heterocycles. The second-order valence-corrected chi connectivity index (χ2v) is 8.13. The van der Waals surface area contributed by atoms with Crippen molar-refractivity contribution in [3.05, 3.63) is 35.5 Å². The first kappa shape index (κ1) is 20.0. The molecule has 156 valence electrons. The zero-order valence-electron chi connectivity index (χ0n) is 17.2. The maximum Gasteiger partial charge on any atom is 0.244 e. The van der Waals surface area contributed by atoms with Crippen LogP contribution in [0.2, 0.25) is 0 Å². The van der Waals surface area contributed by atoms with Gasteiger partial charge in [-0.25, -0.2) is 4.39 Å². The minimum atomic E-state index is -0.280. The van der Waals surface area contributed by atoms with Crippen LogP contribution in [0.4, 0.5) is 4.39 Å². The quantitative estimate of drug-likeness (QED) is 0.802. The van der Waals surface area contributed by atoms with Gasteiger partial charge in [0.1, 0.15) is 5.82 Å². The lowest BCUT2D eigenvalue weighted by Crippen LogP contribution is -2.54. The van der Waals surface area contributed by atoms with E-state index in [0.717, 1.165) is 39.0 Å². The van der Waals surface area contributed by atoms with Crippen molar-refractivity contribution in [3.8, 4) is 11.4 Å². The van der Waals surface area contributed by atoms with E-state index < -0.39 is 0 Å². The standard InChI is InChI=1S/C21H28FN5O2/c1-13-4-5-16(12-18(13)22)19-24-21(29-25-19)15(3)27-10-8-26(9-11-27)14(2)20(28)23-17-6-7-17/h4-5,12,14-15,17H,6-11H2,1-3H3,(H,23,28). The van der Waals surface area contributed by atoms with Crippen LogP contribution in [0.1, 0.15) is 44.2 Å². The van der Waals surface area contributed by atoms with Gasteiger partial charge in [0, 0.05) is 37.8 Å². The average molecular weight is 401 g/mol. The van der Waals surface area contributed by atoms with E-state index in [1.807, 2.05) is 13.8 Å². The molecule has 1 aromatic carbocycles. The summed E-state index contributed by atoms with van der Waals surface area (Å²) >= 11 is 0. The molecule has 29 heavy (non-hydrogen) atoms. The largest absolute Gasteiger partial charge is 0.352 e. The molecular formula is C21H28FN5O2. The lowest BCUT2D eigenvalue weighted by atomic mass is 10.1. The third-order valence-corrected chi connectivity index (χ3v) is 5.98.